The van der Waals surface area contributed by atoms with Crippen LogP contribution < -0.4 is 15.5 Å². The third-order valence-corrected chi connectivity index (χ3v) is 7.37. The summed E-state index contributed by atoms with van der Waals surface area (Å²) in [6.07, 6.45) is 1.41. The third-order valence-electron chi connectivity index (χ3n) is 6.78. The molecule has 1 fully saturated rings. The van der Waals surface area contributed by atoms with Crippen molar-refractivity contribution in [1.82, 2.24) is 10.3 Å². The highest BCUT2D eigenvalue weighted by Crippen LogP contribution is 2.24. The predicted octanol–water partition coefficient (Wildman–Crippen LogP) is 6.21. The number of hydrazone groups is 1. The maximum atomic E-state index is 13.3. The first-order valence-electron chi connectivity index (χ1n) is 13.0. The Labute approximate surface area is 243 Å². The number of amides is 2. The average Bonchev–Trinajstić information content (AvgIpc) is 2.93. The molecule has 1 saturated heterocycles. The molecule has 0 saturated carbocycles. The van der Waals surface area contributed by atoms with Crippen molar-refractivity contribution in [3.8, 4) is 5.75 Å². The Kier molecular flexibility index (Phi) is 10.1. The highest BCUT2D eigenvalue weighted by Gasteiger charge is 2.25. The zero-order valence-electron chi connectivity index (χ0n) is 22.3. The van der Waals surface area contributed by atoms with Gasteiger partial charge >= 0.3 is 0 Å². The molecule has 1 aliphatic rings. The average molecular weight is 586 g/mol. The number of hydrogen-bond acceptors (Lipinski definition) is 5. The van der Waals surface area contributed by atoms with Gasteiger partial charge in [-0.05, 0) is 98.9 Å². The van der Waals surface area contributed by atoms with E-state index in [4.69, 9.17) is 27.9 Å². The Morgan fingerprint density at radius 3 is 2.45 bits per heavy atom. The molecule has 4 rings (SSSR count). The second kappa shape index (κ2) is 13.7. The van der Waals surface area contributed by atoms with Crippen LogP contribution in [0, 0.1) is 18.7 Å². The van der Waals surface area contributed by atoms with E-state index in [0.29, 0.717) is 46.6 Å². The summed E-state index contributed by atoms with van der Waals surface area (Å²) in [5.74, 6) is -0.281. The van der Waals surface area contributed by atoms with Gasteiger partial charge in [0.15, 0.2) is 6.61 Å². The van der Waals surface area contributed by atoms with Crippen molar-refractivity contribution in [2.75, 3.05) is 25.0 Å². The summed E-state index contributed by atoms with van der Waals surface area (Å²) in [6, 6.07) is 16.8. The van der Waals surface area contributed by atoms with Crippen LogP contribution >= 0.6 is 23.2 Å². The van der Waals surface area contributed by atoms with Crippen molar-refractivity contribution in [3.05, 3.63) is 93.2 Å². The number of rotatable bonds is 9. The van der Waals surface area contributed by atoms with Crippen LogP contribution in [0.15, 0.2) is 65.8 Å². The van der Waals surface area contributed by atoms with Gasteiger partial charge in [-0.1, -0.05) is 41.4 Å². The van der Waals surface area contributed by atoms with Gasteiger partial charge in [0.1, 0.15) is 11.6 Å². The van der Waals surface area contributed by atoms with Crippen LogP contribution in [0.5, 0.6) is 5.75 Å². The molecule has 1 aliphatic heterocycles. The Bertz CT molecular complexity index is 1390. The maximum Gasteiger partial charge on any atom is 0.262 e. The molecular formula is C30H31Cl2FN4O3. The van der Waals surface area contributed by atoms with Gasteiger partial charge in [0, 0.05) is 28.2 Å². The summed E-state index contributed by atoms with van der Waals surface area (Å²) in [4.78, 5) is 27.2. The summed E-state index contributed by atoms with van der Waals surface area (Å²) in [5, 5.41) is 8.10. The topological polar surface area (TPSA) is 83.0 Å². The minimum Gasteiger partial charge on any atom is -0.483 e. The molecule has 10 heteroatoms. The molecule has 210 valence electrons. The molecule has 3 aromatic rings. The van der Waals surface area contributed by atoms with Crippen LogP contribution in [0.2, 0.25) is 10.0 Å². The molecule has 40 heavy (non-hydrogen) atoms. The number of carbonyl (C=O) groups excluding carboxylic acids is 2. The number of ether oxygens (including phenoxy) is 1. The van der Waals surface area contributed by atoms with Crippen molar-refractivity contribution in [2.24, 2.45) is 11.0 Å². The van der Waals surface area contributed by atoms with Gasteiger partial charge in [-0.2, -0.15) is 5.10 Å². The highest BCUT2D eigenvalue weighted by molar-refractivity contribution is 6.31. The van der Waals surface area contributed by atoms with Crippen LogP contribution in [-0.4, -0.2) is 42.1 Å². The number of nitrogens with one attached hydrogen (secondary N) is 2. The highest BCUT2D eigenvalue weighted by atomic mass is 35.5. The van der Waals surface area contributed by atoms with Crippen LogP contribution in [0.25, 0.3) is 0 Å². The molecule has 2 amide bonds. The van der Waals surface area contributed by atoms with E-state index in [1.54, 1.807) is 36.4 Å². The van der Waals surface area contributed by atoms with Crippen LogP contribution in [0.1, 0.15) is 36.5 Å². The fourth-order valence-electron chi connectivity index (χ4n) is 4.45. The molecule has 0 aromatic heterocycles. The van der Waals surface area contributed by atoms with Crippen molar-refractivity contribution in [3.63, 3.8) is 0 Å². The molecule has 0 unspecified atom stereocenters. The zero-order chi connectivity index (χ0) is 28.6. The monoisotopic (exact) mass is 584 g/mol. The van der Waals surface area contributed by atoms with E-state index >= 15 is 0 Å². The Balaban J connectivity index is 1.21. The number of piperidine rings is 1. The van der Waals surface area contributed by atoms with Crippen LogP contribution in [0.4, 0.5) is 10.1 Å². The van der Waals surface area contributed by atoms with E-state index in [1.807, 2.05) is 26.0 Å². The van der Waals surface area contributed by atoms with E-state index in [0.717, 1.165) is 29.8 Å². The molecule has 7 nitrogen and oxygen atoms in total. The maximum absolute atomic E-state index is 13.3. The normalized spacial score (nSPS) is 14.6. The SMILES string of the molecule is CC(=NNC(=O)C1CCN(Cc2ccc(F)cc2Cl)CC1)c1ccc(NC(=O)COc2ccc(Cl)cc2C)cc1. The smallest absolute Gasteiger partial charge is 0.262 e. The summed E-state index contributed by atoms with van der Waals surface area (Å²) in [5.41, 5.74) is 6.50. The van der Waals surface area contributed by atoms with Crippen LogP contribution in [-0.2, 0) is 16.1 Å². The van der Waals surface area contributed by atoms with Gasteiger partial charge < -0.3 is 10.1 Å². The number of hydrogen-bond donors (Lipinski definition) is 2. The Morgan fingerprint density at radius 2 is 1.77 bits per heavy atom. The summed E-state index contributed by atoms with van der Waals surface area (Å²) < 4.78 is 18.9. The summed E-state index contributed by atoms with van der Waals surface area (Å²) in [6.45, 7) is 5.65. The molecule has 3 aromatic carbocycles. The van der Waals surface area contributed by atoms with E-state index in [2.05, 4.69) is 20.7 Å². The zero-order valence-corrected chi connectivity index (χ0v) is 23.9. The van der Waals surface area contributed by atoms with Gasteiger partial charge in [0.2, 0.25) is 5.91 Å². The first kappa shape index (κ1) is 29.5. The van der Waals surface area contributed by atoms with E-state index in [-0.39, 0.29) is 30.2 Å². The lowest BCUT2D eigenvalue weighted by molar-refractivity contribution is -0.126. The largest absolute Gasteiger partial charge is 0.483 e. The first-order valence-corrected chi connectivity index (χ1v) is 13.7. The summed E-state index contributed by atoms with van der Waals surface area (Å²) >= 11 is 12.1. The second-order valence-electron chi connectivity index (χ2n) is 9.78. The second-order valence-corrected chi connectivity index (χ2v) is 10.6. The lowest BCUT2D eigenvalue weighted by atomic mass is 9.96. The number of benzene rings is 3. The Morgan fingerprint density at radius 1 is 1.05 bits per heavy atom. The van der Waals surface area contributed by atoms with E-state index < -0.39 is 0 Å². The Hall–Kier alpha value is -3.46. The van der Waals surface area contributed by atoms with Crippen molar-refractivity contribution >= 4 is 46.4 Å². The van der Waals surface area contributed by atoms with E-state index in [9.17, 15) is 14.0 Å². The quantitative estimate of drug-likeness (QED) is 0.231. The van der Waals surface area contributed by atoms with E-state index in [1.165, 1.54) is 12.1 Å². The van der Waals surface area contributed by atoms with Gasteiger partial charge in [-0.25, -0.2) is 9.82 Å². The minimum atomic E-state index is -0.353. The number of aryl methyl sites for hydroxylation is 1. The number of nitrogens with zero attached hydrogens (tertiary/aromatic N) is 2. The molecular weight excluding hydrogens is 554 g/mol. The van der Waals surface area contributed by atoms with Gasteiger partial charge in [-0.3, -0.25) is 14.5 Å². The van der Waals surface area contributed by atoms with Gasteiger partial charge in [-0.15, -0.1) is 0 Å². The third kappa shape index (κ3) is 8.27. The molecule has 0 aliphatic carbocycles. The molecule has 0 radical (unpaired) electrons. The number of anilines is 1. The number of likely N-dealkylation sites (tertiary alicyclic amines) is 1. The molecule has 0 bridgehead atoms. The fraction of sp³-hybridized carbons (Fsp3) is 0.300. The van der Waals surface area contributed by atoms with Gasteiger partial charge in [0.25, 0.3) is 5.91 Å². The molecule has 0 atom stereocenters. The van der Waals surface area contributed by atoms with Crippen molar-refractivity contribution < 1.29 is 18.7 Å². The number of halogens is 3. The van der Waals surface area contributed by atoms with Crippen molar-refractivity contribution in [1.29, 1.82) is 0 Å². The van der Waals surface area contributed by atoms with Crippen molar-refractivity contribution in [2.45, 2.75) is 33.2 Å². The van der Waals surface area contributed by atoms with Crippen LogP contribution in [0.3, 0.4) is 0 Å². The lowest BCUT2D eigenvalue weighted by Crippen LogP contribution is -2.39. The molecule has 2 N–H and O–H groups in total. The fourth-order valence-corrected chi connectivity index (χ4v) is 4.90. The minimum absolute atomic E-state index is 0.112. The molecule has 0 spiro atoms. The first-order chi connectivity index (χ1) is 19.2. The number of carbonyl (C=O) groups is 2. The predicted molar refractivity (Wildman–Crippen MR) is 157 cm³/mol. The van der Waals surface area contributed by atoms with Gasteiger partial charge in [0.05, 0.1) is 5.71 Å². The standard InChI is InChI=1S/C30H31Cl2FN4O3/c1-19-15-24(31)6-10-28(19)40-18-29(38)34-26-8-4-21(5-9-26)20(2)35-36-30(39)22-11-13-37(14-12-22)17-23-3-7-25(33)16-27(23)32/h3-10,15-16,22H,11-14,17-18H2,1-2H3,(H,34,38)(H,36,39). The summed E-state index contributed by atoms with van der Waals surface area (Å²) in [7, 11) is 0. The molecule has 1 heterocycles. The lowest BCUT2D eigenvalue weighted by Gasteiger charge is -2.31.